The number of hydrogen-bond donors (Lipinski definition) is 3. The summed E-state index contributed by atoms with van der Waals surface area (Å²) >= 11 is 0. The number of likely N-dealkylation sites (N-methyl/N-ethyl adjacent to an activating group) is 2. The normalized spacial score (nSPS) is 43.3. The molecule has 4 heterocycles. The van der Waals surface area contributed by atoms with Crippen LogP contribution in [-0.4, -0.2) is 226 Å². The number of ketones is 1. The number of aliphatic hydroxyl groups excluding tert-OH is 2. The number of aliphatic hydroxyl groups is 3. The van der Waals surface area contributed by atoms with Crippen LogP contribution in [-0.2, 0) is 47.5 Å². The molecule has 0 radical (unpaired) electrons. The van der Waals surface area contributed by atoms with Gasteiger partial charge in [-0.15, -0.1) is 0 Å². The van der Waals surface area contributed by atoms with Crippen LogP contribution in [0.15, 0.2) is 0 Å². The summed E-state index contributed by atoms with van der Waals surface area (Å²) in [6.45, 7) is 25.3. The zero-order valence-electron chi connectivity index (χ0n) is 43.6. The van der Waals surface area contributed by atoms with E-state index in [1.165, 1.54) is 14.0 Å². The van der Waals surface area contributed by atoms with Gasteiger partial charge in [0.2, 0.25) is 0 Å². The Hall–Kier alpha value is -1.42. The van der Waals surface area contributed by atoms with Crippen molar-refractivity contribution in [3.05, 3.63) is 0 Å². The summed E-state index contributed by atoms with van der Waals surface area (Å²) in [5.41, 5.74) is -4.22. The lowest BCUT2D eigenvalue weighted by Crippen LogP contribution is -2.62. The van der Waals surface area contributed by atoms with Crippen LogP contribution in [0.3, 0.4) is 0 Å². The van der Waals surface area contributed by atoms with Gasteiger partial charge in [-0.25, -0.2) is 0 Å². The Labute approximate surface area is 397 Å². The largest absolute Gasteiger partial charge is 0.459 e. The van der Waals surface area contributed by atoms with E-state index >= 15 is 0 Å². The molecule has 4 aliphatic rings. The molecule has 17 nitrogen and oxygen atoms in total. The van der Waals surface area contributed by atoms with Crippen molar-refractivity contribution in [3.63, 3.8) is 0 Å². The maximum atomic E-state index is 14.5. The monoisotopic (exact) mass is 945 g/mol. The van der Waals surface area contributed by atoms with E-state index in [1.54, 1.807) is 48.7 Å². The van der Waals surface area contributed by atoms with Gasteiger partial charge in [0.25, 0.3) is 0 Å². The van der Waals surface area contributed by atoms with Crippen molar-refractivity contribution in [2.45, 2.75) is 186 Å². The molecule has 0 aromatic carbocycles. The van der Waals surface area contributed by atoms with Crippen molar-refractivity contribution < 1.29 is 62.8 Å². The van der Waals surface area contributed by atoms with Crippen molar-refractivity contribution in [2.24, 2.45) is 23.7 Å². The van der Waals surface area contributed by atoms with Crippen LogP contribution >= 0.6 is 0 Å². The van der Waals surface area contributed by atoms with Gasteiger partial charge in [0.15, 0.2) is 12.6 Å². The highest BCUT2D eigenvalue weighted by atomic mass is 16.7. The van der Waals surface area contributed by atoms with Gasteiger partial charge in [0, 0.05) is 96.9 Å². The zero-order valence-corrected chi connectivity index (χ0v) is 43.6. The Kier molecular flexibility index (Phi) is 21.3. The highest BCUT2D eigenvalue weighted by molar-refractivity contribution is 5.83. The van der Waals surface area contributed by atoms with Crippen LogP contribution < -0.4 is 0 Å². The van der Waals surface area contributed by atoms with Gasteiger partial charge in [-0.2, -0.15) is 0 Å². The Morgan fingerprint density at radius 3 is 1.95 bits per heavy atom. The first-order chi connectivity index (χ1) is 30.8. The molecular formula is C49H92N4O13. The van der Waals surface area contributed by atoms with E-state index in [0.29, 0.717) is 13.0 Å². The topological polar surface area (TPSA) is 182 Å². The predicted molar refractivity (Wildman–Crippen MR) is 251 cm³/mol. The Morgan fingerprint density at radius 2 is 1.39 bits per heavy atom. The molecule has 3 N–H and O–H groups in total. The first kappa shape index (κ1) is 57.2. The van der Waals surface area contributed by atoms with E-state index in [0.717, 1.165) is 52.2 Å². The van der Waals surface area contributed by atoms with Crippen molar-refractivity contribution >= 4 is 11.8 Å². The second-order valence-electron chi connectivity index (χ2n) is 21.3. The maximum absolute atomic E-state index is 14.5. The Balaban J connectivity index is 1.74. The number of hydrogen-bond acceptors (Lipinski definition) is 17. The molecule has 0 aromatic heterocycles. The molecule has 0 bridgehead atoms. The lowest BCUT2D eigenvalue weighted by Gasteiger charge is -2.50. The number of methoxy groups -OCH3 is 2. The van der Waals surface area contributed by atoms with Gasteiger partial charge in [-0.05, 0) is 95.4 Å². The molecule has 4 rings (SSSR count). The number of carbonyl (C=O) groups is 2. The average molecular weight is 945 g/mol. The number of nitrogens with zero attached hydrogens (tertiary/aromatic N) is 4. The summed E-state index contributed by atoms with van der Waals surface area (Å²) in [7, 11) is 11.4. The summed E-state index contributed by atoms with van der Waals surface area (Å²) in [4.78, 5) is 38.2. The summed E-state index contributed by atoms with van der Waals surface area (Å²) in [5.74, 6) is -4.33. The van der Waals surface area contributed by atoms with Crippen LogP contribution in [0.5, 0.6) is 0 Å². The minimum absolute atomic E-state index is 0.0700. The first-order valence-electron chi connectivity index (χ1n) is 24.8. The molecule has 0 aromatic rings. The molecule has 0 spiro atoms. The van der Waals surface area contributed by atoms with Gasteiger partial charge < -0.3 is 67.9 Å². The number of piperazine rings is 1. The predicted octanol–water partition coefficient (Wildman–Crippen LogP) is 3.03. The van der Waals surface area contributed by atoms with Crippen molar-refractivity contribution in [3.8, 4) is 0 Å². The summed E-state index contributed by atoms with van der Waals surface area (Å²) in [6.07, 6.45) is -6.78. The molecular weight excluding hydrogens is 853 g/mol. The Morgan fingerprint density at radius 1 is 0.788 bits per heavy atom. The molecule has 4 aliphatic heterocycles. The summed E-state index contributed by atoms with van der Waals surface area (Å²) in [6, 6.07) is -0.0700. The van der Waals surface area contributed by atoms with Crippen LogP contribution in [0, 0.1) is 23.7 Å². The number of Topliss-reactive ketones (excluding diaryl/α,β-unsaturated/α-hetero) is 1. The third-order valence-corrected chi connectivity index (χ3v) is 15.5. The maximum Gasteiger partial charge on any atom is 0.311 e. The molecule has 386 valence electrons. The number of ether oxygens (including phenoxy) is 8. The molecule has 0 saturated carbocycles. The van der Waals surface area contributed by atoms with Crippen molar-refractivity contribution in [2.75, 3.05) is 94.8 Å². The third-order valence-electron chi connectivity index (χ3n) is 15.5. The van der Waals surface area contributed by atoms with Crippen molar-refractivity contribution in [1.82, 2.24) is 19.6 Å². The summed E-state index contributed by atoms with van der Waals surface area (Å²) in [5, 5.41) is 34.6. The fourth-order valence-corrected chi connectivity index (χ4v) is 10.8. The van der Waals surface area contributed by atoms with Crippen molar-refractivity contribution in [1.29, 1.82) is 0 Å². The standard InChI is InChI=1S/C49H92N4O13/c1-17-37-49(10,58)42(55)32(4)39(54)30(2)28-48(9,60-16)44(33(5)40(34(6)45(57)64-37)65-38-29-47(8,59-15)43(56)35(7)63-38)66-46-41(36(51(13)14)27-31(3)62-46)61-26-18-19-52-22-24-53(25-23-52)21-20-50(11)12/h30-38,40-44,46,55-56,58H,17-29H2,1-16H3/t30-,31-,32+,33+,34-,35+,36+,37-,38+,40+,41-,42-,43+,44-,46+,47-,48+,49-/m1/s1. The quantitative estimate of drug-likeness (QED) is 0.152. The number of rotatable bonds is 16. The minimum Gasteiger partial charge on any atom is -0.459 e. The van der Waals surface area contributed by atoms with Gasteiger partial charge in [-0.1, -0.05) is 27.7 Å². The molecule has 0 amide bonds. The minimum atomic E-state index is -1.96. The zero-order chi connectivity index (χ0) is 49.5. The van der Waals surface area contributed by atoms with Crippen LogP contribution in [0.1, 0.15) is 101 Å². The average Bonchev–Trinajstić information content (AvgIpc) is 3.27. The SMILES string of the molecule is CC[C@H]1OC(=O)[C@H](C)[C@@H](O[C@H]2C[C@@](C)(OC)[C@@H](O)[C@H](C)O2)[C@H](C)[C@@H](O[C@@H]2O[C@H](C)C[C@H](N(C)C)[C@H]2OCCCN2CCN(CCN(C)C)CC2)[C@@](C)(OC)C[C@@H](C)C(=O)[C@H](C)[C@@H](O)[C@]1(C)O. The van der Waals surface area contributed by atoms with Gasteiger partial charge in [0.1, 0.15) is 29.7 Å². The number of esters is 1. The van der Waals surface area contributed by atoms with E-state index < -0.39 is 102 Å². The summed E-state index contributed by atoms with van der Waals surface area (Å²) < 4.78 is 52.5. The van der Waals surface area contributed by atoms with E-state index in [1.807, 2.05) is 34.9 Å². The number of cyclic esters (lactones) is 1. The molecule has 18 atom stereocenters. The molecule has 4 saturated heterocycles. The van der Waals surface area contributed by atoms with Gasteiger partial charge in [-0.3, -0.25) is 14.5 Å². The highest BCUT2D eigenvalue weighted by Crippen LogP contribution is 2.42. The molecule has 0 unspecified atom stereocenters. The fraction of sp³-hybridized carbons (Fsp3) is 0.959. The van der Waals surface area contributed by atoms with Crippen LogP contribution in [0.25, 0.3) is 0 Å². The molecule has 0 aliphatic carbocycles. The lowest BCUT2D eigenvalue weighted by molar-refractivity contribution is -0.322. The molecule has 66 heavy (non-hydrogen) atoms. The first-order valence-corrected chi connectivity index (χ1v) is 24.8. The smallest absolute Gasteiger partial charge is 0.311 e. The second-order valence-corrected chi connectivity index (χ2v) is 21.3. The van der Waals surface area contributed by atoms with Crippen LogP contribution in [0.2, 0.25) is 0 Å². The van der Waals surface area contributed by atoms with E-state index in [9.17, 15) is 24.9 Å². The Bertz CT molecular complexity index is 1500. The highest BCUT2D eigenvalue weighted by Gasteiger charge is 2.54. The number of carbonyl (C=O) groups excluding carboxylic acids is 2. The second kappa shape index (κ2) is 24.6. The fourth-order valence-electron chi connectivity index (χ4n) is 10.8. The van der Waals surface area contributed by atoms with Crippen LogP contribution in [0.4, 0.5) is 0 Å². The third kappa shape index (κ3) is 13.9. The lowest BCUT2D eigenvalue weighted by atomic mass is 9.74. The molecule has 4 fully saturated rings. The van der Waals surface area contributed by atoms with E-state index in [2.05, 4.69) is 33.7 Å². The molecule has 17 heteroatoms. The van der Waals surface area contributed by atoms with E-state index in [-0.39, 0.29) is 37.2 Å². The van der Waals surface area contributed by atoms with E-state index in [4.69, 9.17) is 37.9 Å². The van der Waals surface area contributed by atoms with Gasteiger partial charge in [0.05, 0.1) is 47.6 Å². The van der Waals surface area contributed by atoms with Gasteiger partial charge >= 0.3 is 5.97 Å².